The van der Waals surface area contributed by atoms with E-state index in [2.05, 4.69) is 5.10 Å². The number of hydrogen-bond acceptors (Lipinski definition) is 3. The number of hydrogen-bond donors (Lipinski definition) is 1. The maximum atomic E-state index is 13.0. The number of halogens is 1. The molecule has 1 aromatic heterocycles. The molecule has 0 aliphatic rings. The van der Waals surface area contributed by atoms with E-state index in [1.807, 2.05) is 11.4 Å². The van der Waals surface area contributed by atoms with Crippen LogP contribution in [-0.2, 0) is 0 Å². The van der Waals surface area contributed by atoms with E-state index in [0.717, 1.165) is 15.6 Å². The lowest BCUT2D eigenvalue weighted by molar-refractivity contribution is 0.629. The second-order valence-corrected chi connectivity index (χ2v) is 3.53. The normalized spacial score (nSPS) is 11.5. The van der Waals surface area contributed by atoms with E-state index < -0.39 is 0 Å². The summed E-state index contributed by atoms with van der Waals surface area (Å²) < 4.78 is 14.0. The minimum atomic E-state index is -0.263. The second kappa shape index (κ2) is 3.14. The molecule has 2 N–H and O–H groups in total. The molecule has 0 amide bonds. The topological polar surface area (TPSA) is 38.4 Å². The number of rotatable bonds is 1. The van der Waals surface area contributed by atoms with Gasteiger partial charge in [-0.3, -0.25) is 0 Å². The number of nitrogens with two attached hydrogens (primary N) is 1. The Morgan fingerprint density at radius 2 is 2.31 bits per heavy atom. The van der Waals surface area contributed by atoms with Crippen molar-refractivity contribution in [3.8, 4) is 0 Å². The third kappa shape index (κ3) is 1.40. The molecule has 2 nitrogen and oxygen atoms in total. The molecule has 0 saturated heterocycles. The Hall–Kier alpha value is -1.42. The number of fused-ring (bicyclic) bond motifs is 1. The van der Waals surface area contributed by atoms with Crippen LogP contribution in [0.5, 0.6) is 0 Å². The molecule has 13 heavy (non-hydrogen) atoms. The summed E-state index contributed by atoms with van der Waals surface area (Å²) in [6.45, 7) is 0. The van der Waals surface area contributed by atoms with Gasteiger partial charge in [-0.2, -0.15) is 5.10 Å². The molecule has 0 spiro atoms. The molecular weight excluding hydrogens is 187 g/mol. The highest BCUT2D eigenvalue weighted by Gasteiger charge is 2.02. The summed E-state index contributed by atoms with van der Waals surface area (Å²) in [6, 6.07) is 4.80. The van der Waals surface area contributed by atoms with Crippen molar-refractivity contribution in [2.45, 2.75) is 0 Å². The maximum absolute atomic E-state index is 13.0. The summed E-state index contributed by atoms with van der Waals surface area (Å²) in [5.74, 6) is 4.76. The van der Waals surface area contributed by atoms with Crippen molar-refractivity contribution in [3.05, 3.63) is 35.0 Å². The van der Waals surface area contributed by atoms with Crippen LogP contribution in [0.2, 0.25) is 0 Å². The van der Waals surface area contributed by atoms with Crippen molar-refractivity contribution >= 4 is 27.6 Å². The van der Waals surface area contributed by atoms with Gasteiger partial charge in [0.2, 0.25) is 0 Å². The number of hydrazone groups is 1. The van der Waals surface area contributed by atoms with Gasteiger partial charge in [0.1, 0.15) is 5.82 Å². The van der Waals surface area contributed by atoms with Gasteiger partial charge in [-0.15, -0.1) is 11.3 Å². The molecule has 0 unspecified atom stereocenters. The van der Waals surface area contributed by atoms with Gasteiger partial charge in [0, 0.05) is 10.3 Å². The molecule has 4 heteroatoms. The van der Waals surface area contributed by atoms with Gasteiger partial charge in [-0.1, -0.05) is 0 Å². The van der Waals surface area contributed by atoms with Crippen molar-refractivity contribution < 1.29 is 4.39 Å². The molecule has 0 aliphatic carbocycles. The first-order valence-corrected chi connectivity index (χ1v) is 4.59. The highest BCUT2D eigenvalue weighted by molar-refractivity contribution is 7.17. The maximum Gasteiger partial charge on any atom is 0.124 e. The average molecular weight is 194 g/mol. The van der Waals surface area contributed by atoms with Gasteiger partial charge >= 0.3 is 0 Å². The van der Waals surface area contributed by atoms with Gasteiger partial charge in [-0.25, -0.2) is 4.39 Å². The minimum Gasteiger partial charge on any atom is -0.323 e. The van der Waals surface area contributed by atoms with Crippen LogP contribution < -0.4 is 5.84 Å². The highest BCUT2D eigenvalue weighted by atomic mass is 32.1. The van der Waals surface area contributed by atoms with Crippen LogP contribution in [0.3, 0.4) is 0 Å². The highest BCUT2D eigenvalue weighted by Crippen LogP contribution is 2.24. The van der Waals surface area contributed by atoms with Crippen LogP contribution in [-0.4, -0.2) is 6.21 Å². The van der Waals surface area contributed by atoms with E-state index in [1.165, 1.54) is 18.3 Å². The fourth-order valence-electron chi connectivity index (χ4n) is 1.25. The Kier molecular flexibility index (Phi) is 1.98. The zero-order valence-electron chi connectivity index (χ0n) is 6.70. The molecule has 0 saturated carbocycles. The fourth-order valence-corrected chi connectivity index (χ4v) is 2.11. The summed E-state index contributed by atoms with van der Waals surface area (Å²) in [7, 11) is 0. The van der Waals surface area contributed by atoms with E-state index in [4.69, 9.17) is 5.84 Å². The lowest BCUT2D eigenvalue weighted by atomic mass is 10.2. The Balaban J connectivity index is 2.77. The van der Waals surface area contributed by atoms with Crippen LogP contribution in [0.1, 0.15) is 5.56 Å². The second-order valence-electron chi connectivity index (χ2n) is 2.61. The SMILES string of the molecule is NN=Cc1cc(F)cc2ccsc12. The van der Waals surface area contributed by atoms with E-state index in [-0.39, 0.29) is 5.82 Å². The molecule has 2 aromatic rings. The largest absolute Gasteiger partial charge is 0.323 e. The Labute approximate surface area is 78.5 Å². The van der Waals surface area contributed by atoms with Crippen molar-refractivity contribution in [2.75, 3.05) is 0 Å². The molecule has 0 aliphatic heterocycles. The summed E-state index contributed by atoms with van der Waals surface area (Å²) in [6.07, 6.45) is 1.46. The van der Waals surface area contributed by atoms with Gasteiger partial charge < -0.3 is 5.84 Å². The van der Waals surface area contributed by atoms with Gasteiger partial charge in [0.05, 0.1) is 6.21 Å². The summed E-state index contributed by atoms with van der Waals surface area (Å²) in [5, 5.41) is 6.20. The number of nitrogens with zero attached hydrogens (tertiary/aromatic N) is 1. The molecule has 1 heterocycles. The van der Waals surface area contributed by atoms with Crippen LogP contribution in [0.15, 0.2) is 28.7 Å². The van der Waals surface area contributed by atoms with Crippen LogP contribution >= 0.6 is 11.3 Å². The number of thiophene rings is 1. The third-order valence-corrected chi connectivity index (χ3v) is 2.74. The monoisotopic (exact) mass is 194 g/mol. The Morgan fingerprint density at radius 1 is 1.46 bits per heavy atom. The van der Waals surface area contributed by atoms with E-state index in [9.17, 15) is 4.39 Å². The van der Waals surface area contributed by atoms with Crippen LogP contribution in [0.4, 0.5) is 4.39 Å². The zero-order valence-corrected chi connectivity index (χ0v) is 7.51. The zero-order chi connectivity index (χ0) is 9.26. The Morgan fingerprint density at radius 3 is 3.08 bits per heavy atom. The van der Waals surface area contributed by atoms with Gasteiger partial charge in [0.25, 0.3) is 0 Å². The van der Waals surface area contributed by atoms with E-state index >= 15 is 0 Å². The molecular formula is C9H7FN2S. The quantitative estimate of drug-likeness (QED) is 0.422. The van der Waals surface area contributed by atoms with Crippen molar-refractivity contribution in [1.29, 1.82) is 0 Å². The van der Waals surface area contributed by atoms with Crippen molar-refractivity contribution in [1.82, 2.24) is 0 Å². The Bertz CT molecular complexity index is 462. The molecule has 66 valence electrons. The standard InChI is InChI=1S/C9H7FN2S/c10-8-3-6-1-2-13-9(6)7(4-8)5-12-11/h1-5H,11H2. The van der Waals surface area contributed by atoms with E-state index in [0.29, 0.717) is 0 Å². The first-order chi connectivity index (χ1) is 6.31. The fraction of sp³-hybridized carbons (Fsp3) is 0. The van der Waals surface area contributed by atoms with Crippen molar-refractivity contribution in [2.24, 2.45) is 10.9 Å². The van der Waals surface area contributed by atoms with Crippen LogP contribution in [0.25, 0.3) is 10.1 Å². The first kappa shape index (κ1) is 8.19. The van der Waals surface area contributed by atoms with E-state index in [1.54, 1.807) is 11.3 Å². The lowest BCUT2D eigenvalue weighted by Crippen LogP contribution is -1.87. The van der Waals surface area contributed by atoms with Crippen LogP contribution in [0, 0.1) is 5.82 Å². The minimum absolute atomic E-state index is 0.263. The predicted octanol–water partition coefficient (Wildman–Crippen LogP) is 2.33. The number of benzene rings is 1. The molecule has 0 bridgehead atoms. The van der Waals surface area contributed by atoms with Crippen molar-refractivity contribution in [3.63, 3.8) is 0 Å². The molecule has 0 atom stereocenters. The summed E-state index contributed by atoms with van der Waals surface area (Å²) in [5.41, 5.74) is 0.729. The first-order valence-electron chi connectivity index (χ1n) is 3.71. The summed E-state index contributed by atoms with van der Waals surface area (Å²) in [4.78, 5) is 0. The molecule has 0 fully saturated rings. The third-order valence-electron chi connectivity index (χ3n) is 1.76. The smallest absolute Gasteiger partial charge is 0.124 e. The molecule has 1 aromatic carbocycles. The summed E-state index contributed by atoms with van der Waals surface area (Å²) >= 11 is 1.55. The average Bonchev–Trinajstić information content (AvgIpc) is 2.52. The lowest BCUT2D eigenvalue weighted by Gasteiger charge is -1.95. The predicted molar refractivity (Wildman–Crippen MR) is 53.6 cm³/mol. The molecule has 0 radical (unpaired) electrons. The van der Waals surface area contributed by atoms with Gasteiger partial charge in [0.15, 0.2) is 0 Å². The van der Waals surface area contributed by atoms with Gasteiger partial charge in [-0.05, 0) is 29.0 Å². The molecule has 2 rings (SSSR count).